The Labute approximate surface area is 179 Å². The quantitative estimate of drug-likeness (QED) is 0.151. The minimum Gasteiger partial charge on any atom is -0.481 e. The first-order valence-electron chi connectivity index (χ1n) is 9.69. The van der Waals surface area contributed by atoms with Crippen molar-refractivity contribution in [1.82, 2.24) is 16.0 Å². The number of carboxylic acid groups (broad SMARTS) is 2. The number of primary amides is 1. The van der Waals surface area contributed by atoms with Crippen molar-refractivity contribution in [3.05, 3.63) is 0 Å². The Bertz CT molecular complexity index is 696. The number of rotatable bonds is 14. The van der Waals surface area contributed by atoms with Crippen molar-refractivity contribution in [3.63, 3.8) is 0 Å². The molecule has 13 heteroatoms. The van der Waals surface area contributed by atoms with Crippen LogP contribution < -0.4 is 27.4 Å². The third kappa shape index (κ3) is 10.4. The number of nitrogens with one attached hydrogen (secondary N) is 3. The molecule has 0 rings (SSSR count). The molecule has 0 bridgehead atoms. The molecule has 0 saturated heterocycles. The predicted octanol–water partition coefficient (Wildman–Crippen LogP) is -2.34. The highest BCUT2D eigenvalue weighted by Gasteiger charge is 2.33. The van der Waals surface area contributed by atoms with E-state index in [9.17, 15) is 28.8 Å². The van der Waals surface area contributed by atoms with Gasteiger partial charge in [0.25, 0.3) is 0 Å². The second-order valence-corrected chi connectivity index (χ2v) is 7.22. The zero-order valence-electron chi connectivity index (χ0n) is 17.7. The van der Waals surface area contributed by atoms with Gasteiger partial charge in [0.1, 0.15) is 18.1 Å². The molecule has 0 aliphatic carbocycles. The summed E-state index contributed by atoms with van der Waals surface area (Å²) in [5.74, 6) is -6.48. The summed E-state index contributed by atoms with van der Waals surface area (Å²) in [7, 11) is 0. The Morgan fingerprint density at radius 1 is 0.871 bits per heavy atom. The third-order valence-electron chi connectivity index (χ3n) is 4.51. The first kappa shape index (κ1) is 27.8. The van der Waals surface area contributed by atoms with Crippen LogP contribution >= 0.6 is 0 Å². The average molecular weight is 445 g/mol. The summed E-state index contributed by atoms with van der Waals surface area (Å²) >= 11 is 0. The Morgan fingerprint density at radius 2 is 1.42 bits per heavy atom. The zero-order valence-corrected chi connectivity index (χ0v) is 17.7. The van der Waals surface area contributed by atoms with E-state index < -0.39 is 78.5 Å². The maximum atomic E-state index is 12.7. The van der Waals surface area contributed by atoms with Gasteiger partial charge in [-0.1, -0.05) is 20.3 Å². The molecule has 13 nitrogen and oxygen atoms in total. The van der Waals surface area contributed by atoms with E-state index in [0.717, 1.165) is 0 Å². The number of amides is 4. The lowest BCUT2D eigenvalue weighted by Crippen LogP contribution is -2.58. The smallest absolute Gasteiger partial charge is 0.326 e. The highest BCUT2D eigenvalue weighted by molar-refractivity contribution is 5.95. The van der Waals surface area contributed by atoms with Crippen molar-refractivity contribution in [3.8, 4) is 0 Å². The highest BCUT2D eigenvalue weighted by atomic mass is 16.4. The van der Waals surface area contributed by atoms with Crippen molar-refractivity contribution < 1.29 is 39.0 Å². The maximum Gasteiger partial charge on any atom is 0.326 e. The van der Waals surface area contributed by atoms with Crippen LogP contribution in [0.2, 0.25) is 0 Å². The van der Waals surface area contributed by atoms with Crippen LogP contribution in [-0.4, -0.2) is 69.9 Å². The number of hydrogen-bond donors (Lipinski definition) is 7. The van der Waals surface area contributed by atoms with Gasteiger partial charge in [-0.15, -0.1) is 0 Å². The van der Waals surface area contributed by atoms with Gasteiger partial charge in [-0.2, -0.15) is 0 Å². The molecule has 0 aliphatic heterocycles. The number of aliphatic carboxylic acids is 2. The summed E-state index contributed by atoms with van der Waals surface area (Å²) in [4.78, 5) is 70.4. The Hall–Kier alpha value is -3.22. The molecule has 0 heterocycles. The van der Waals surface area contributed by atoms with Gasteiger partial charge >= 0.3 is 11.9 Å². The second kappa shape index (κ2) is 13.2. The summed E-state index contributed by atoms with van der Waals surface area (Å²) in [5, 5.41) is 25.0. The summed E-state index contributed by atoms with van der Waals surface area (Å²) in [6.07, 6.45) is -0.920. The Kier molecular flexibility index (Phi) is 11.8. The van der Waals surface area contributed by atoms with Crippen LogP contribution in [0.15, 0.2) is 0 Å². The lowest BCUT2D eigenvalue weighted by atomic mass is 9.97. The summed E-state index contributed by atoms with van der Waals surface area (Å²) in [6, 6.07) is -5.05. The van der Waals surface area contributed by atoms with E-state index in [1.165, 1.54) is 6.92 Å². The molecule has 0 aromatic rings. The fourth-order valence-corrected chi connectivity index (χ4v) is 2.46. The molecule has 0 fully saturated rings. The van der Waals surface area contributed by atoms with E-state index in [2.05, 4.69) is 16.0 Å². The van der Waals surface area contributed by atoms with Crippen LogP contribution in [0.1, 0.15) is 46.5 Å². The molecule has 0 spiro atoms. The number of carbonyl (C=O) groups is 6. The Balaban J connectivity index is 5.55. The van der Waals surface area contributed by atoms with Crippen molar-refractivity contribution in [2.75, 3.05) is 0 Å². The monoisotopic (exact) mass is 445 g/mol. The van der Waals surface area contributed by atoms with Crippen molar-refractivity contribution in [2.24, 2.45) is 17.4 Å². The van der Waals surface area contributed by atoms with E-state index in [-0.39, 0.29) is 6.42 Å². The average Bonchev–Trinajstić information content (AvgIpc) is 2.66. The van der Waals surface area contributed by atoms with Gasteiger partial charge in [0, 0.05) is 6.42 Å². The standard InChI is InChI=1S/C18H31N5O8/c1-4-8(2)14(17(29)22-11(18(30)31)7-12(20)24)23-16(28)10(5-6-13(25)26)21-15(27)9(3)19/h8-11,14H,4-7,19H2,1-3H3,(H2,20,24)(H,21,27)(H,22,29)(H,23,28)(H,25,26)(H,30,31). The molecular formula is C18H31N5O8. The van der Waals surface area contributed by atoms with E-state index in [1.807, 2.05) is 0 Å². The van der Waals surface area contributed by atoms with Crippen LogP contribution in [0, 0.1) is 5.92 Å². The van der Waals surface area contributed by atoms with Gasteiger partial charge in [0.15, 0.2) is 0 Å². The predicted molar refractivity (Wildman–Crippen MR) is 107 cm³/mol. The van der Waals surface area contributed by atoms with Crippen LogP contribution in [0.25, 0.3) is 0 Å². The largest absolute Gasteiger partial charge is 0.481 e. The van der Waals surface area contributed by atoms with E-state index in [1.54, 1.807) is 13.8 Å². The van der Waals surface area contributed by atoms with Crippen LogP contribution in [-0.2, 0) is 28.8 Å². The molecule has 0 aliphatic rings. The van der Waals surface area contributed by atoms with Gasteiger partial charge in [0.2, 0.25) is 23.6 Å². The van der Waals surface area contributed by atoms with Gasteiger partial charge < -0.3 is 37.6 Å². The summed E-state index contributed by atoms with van der Waals surface area (Å²) < 4.78 is 0. The van der Waals surface area contributed by atoms with Crippen LogP contribution in [0.3, 0.4) is 0 Å². The highest BCUT2D eigenvalue weighted by Crippen LogP contribution is 2.10. The lowest BCUT2D eigenvalue weighted by Gasteiger charge is -2.27. The summed E-state index contributed by atoms with van der Waals surface area (Å²) in [5.41, 5.74) is 10.5. The van der Waals surface area contributed by atoms with Crippen molar-refractivity contribution >= 4 is 35.6 Å². The topological polar surface area (TPSA) is 231 Å². The zero-order chi connectivity index (χ0) is 24.3. The Morgan fingerprint density at radius 3 is 1.84 bits per heavy atom. The third-order valence-corrected chi connectivity index (χ3v) is 4.51. The molecule has 0 radical (unpaired) electrons. The number of carbonyl (C=O) groups excluding carboxylic acids is 4. The molecule has 9 N–H and O–H groups in total. The second-order valence-electron chi connectivity index (χ2n) is 7.22. The van der Waals surface area contributed by atoms with Crippen LogP contribution in [0.4, 0.5) is 0 Å². The molecule has 0 aromatic heterocycles. The van der Waals surface area contributed by atoms with E-state index in [0.29, 0.717) is 6.42 Å². The molecule has 5 atom stereocenters. The molecular weight excluding hydrogens is 414 g/mol. The fourth-order valence-electron chi connectivity index (χ4n) is 2.46. The first-order valence-corrected chi connectivity index (χ1v) is 9.69. The normalized spacial score (nSPS) is 15.5. The van der Waals surface area contributed by atoms with Crippen molar-refractivity contribution in [2.45, 2.75) is 70.6 Å². The number of nitrogens with two attached hydrogens (primary N) is 2. The maximum absolute atomic E-state index is 12.7. The number of hydrogen-bond acceptors (Lipinski definition) is 7. The van der Waals surface area contributed by atoms with Crippen molar-refractivity contribution in [1.29, 1.82) is 0 Å². The van der Waals surface area contributed by atoms with Gasteiger partial charge in [0.05, 0.1) is 12.5 Å². The van der Waals surface area contributed by atoms with Crippen LogP contribution in [0.5, 0.6) is 0 Å². The molecule has 31 heavy (non-hydrogen) atoms. The lowest BCUT2D eigenvalue weighted by molar-refractivity contribution is -0.144. The molecule has 176 valence electrons. The number of carboxylic acids is 2. The van der Waals surface area contributed by atoms with Gasteiger partial charge in [-0.3, -0.25) is 24.0 Å². The SMILES string of the molecule is CCC(C)C(NC(=O)C(CCC(=O)O)NC(=O)C(C)N)C(=O)NC(CC(N)=O)C(=O)O. The molecule has 5 unspecified atom stereocenters. The fraction of sp³-hybridized carbons (Fsp3) is 0.667. The molecule has 0 saturated carbocycles. The van der Waals surface area contributed by atoms with E-state index in [4.69, 9.17) is 21.7 Å². The minimum absolute atomic E-state index is 0.256. The first-order chi connectivity index (χ1) is 14.3. The van der Waals surface area contributed by atoms with Gasteiger partial charge in [-0.05, 0) is 19.3 Å². The molecule has 4 amide bonds. The minimum atomic E-state index is -1.59. The summed E-state index contributed by atoms with van der Waals surface area (Å²) in [6.45, 7) is 4.73. The van der Waals surface area contributed by atoms with Gasteiger partial charge in [-0.25, -0.2) is 4.79 Å². The van der Waals surface area contributed by atoms with E-state index >= 15 is 0 Å². The molecule has 0 aromatic carbocycles.